The first-order valence-electron chi connectivity index (χ1n) is 10.4. The van der Waals surface area contributed by atoms with Crippen LogP contribution in [-0.4, -0.2) is 41.8 Å². The highest BCUT2D eigenvalue weighted by Gasteiger charge is 2.26. The maximum absolute atomic E-state index is 13.2. The van der Waals surface area contributed by atoms with E-state index in [1.165, 1.54) is 0 Å². The average molecular weight is 470 g/mol. The Hall–Kier alpha value is -3.30. The standard InChI is InChI=1S/C24H27N3O5S/c1-24(2,3)32-23(29)27-21(15-28)20-14-19(18-12-8-5-9-13-18)25-22(26-20)33(30,31)16-17-10-6-4-7-11-17/h4-14,21,28H,15-16H2,1-3H3,(H,27,29)/t21-/m1/s1. The Kier molecular flexibility index (Phi) is 7.45. The summed E-state index contributed by atoms with van der Waals surface area (Å²) in [6.45, 7) is 4.63. The minimum absolute atomic E-state index is 0.156. The summed E-state index contributed by atoms with van der Waals surface area (Å²) in [5, 5.41) is 12.1. The van der Waals surface area contributed by atoms with Crippen molar-refractivity contribution in [2.45, 2.75) is 43.3 Å². The van der Waals surface area contributed by atoms with Crippen LogP contribution in [0.25, 0.3) is 11.3 Å². The summed E-state index contributed by atoms with van der Waals surface area (Å²) in [6.07, 6.45) is -0.755. The molecule has 8 nitrogen and oxygen atoms in total. The number of aromatic nitrogens is 2. The number of rotatable bonds is 7. The summed E-state index contributed by atoms with van der Waals surface area (Å²) < 4.78 is 31.6. The molecule has 1 amide bonds. The van der Waals surface area contributed by atoms with Crippen LogP contribution in [0.2, 0.25) is 0 Å². The second-order valence-electron chi connectivity index (χ2n) is 8.45. The van der Waals surface area contributed by atoms with Crippen LogP contribution in [0.3, 0.4) is 0 Å². The summed E-state index contributed by atoms with van der Waals surface area (Å²) in [5.74, 6) is -0.283. The molecule has 0 bridgehead atoms. The second kappa shape index (κ2) is 10.1. The Morgan fingerprint density at radius 3 is 2.21 bits per heavy atom. The molecule has 0 saturated carbocycles. The third kappa shape index (κ3) is 6.84. The minimum Gasteiger partial charge on any atom is -0.444 e. The lowest BCUT2D eigenvalue weighted by atomic mass is 10.1. The smallest absolute Gasteiger partial charge is 0.408 e. The predicted octanol–water partition coefficient (Wildman–Crippen LogP) is 3.68. The van der Waals surface area contributed by atoms with Crippen LogP contribution in [0.15, 0.2) is 71.9 Å². The number of nitrogens with one attached hydrogen (secondary N) is 1. The molecule has 0 saturated heterocycles. The van der Waals surface area contributed by atoms with Crippen LogP contribution in [0.5, 0.6) is 0 Å². The van der Waals surface area contributed by atoms with Gasteiger partial charge in [-0.05, 0) is 32.4 Å². The molecular weight excluding hydrogens is 442 g/mol. The van der Waals surface area contributed by atoms with E-state index in [0.717, 1.165) is 0 Å². The van der Waals surface area contributed by atoms with Gasteiger partial charge in [-0.15, -0.1) is 0 Å². The van der Waals surface area contributed by atoms with E-state index in [1.807, 2.05) is 6.07 Å². The molecule has 2 aromatic carbocycles. The molecule has 0 unspecified atom stereocenters. The summed E-state index contributed by atoms with van der Waals surface area (Å²) in [7, 11) is -3.91. The van der Waals surface area contributed by atoms with Gasteiger partial charge in [-0.25, -0.2) is 23.2 Å². The average Bonchev–Trinajstić information content (AvgIpc) is 2.77. The zero-order chi connectivity index (χ0) is 24.1. The number of ether oxygens (including phenoxy) is 1. The SMILES string of the molecule is CC(C)(C)OC(=O)N[C@H](CO)c1cc(-c2ccccc2)nc(S(=O)(=O)Cc2ccccc2)n1. The number of aliphatic hydroxyl groups excluding tert-OH is 1. The number of amides is 1. The molecule has 0 fully saturated rings. The highest BCUT2D eigenvalue weighted by Crippen LogP contribution is 2.24. The zero-order valence-electron chi connectivity index (χ0n) is 18.7. The summed E-state index contributed by atoms with van der Waals surface area (Å²) >= 11 is 0. The molecule has 3 aromatic rings. The molecule has 0 aliphatic heterocycles. The van der Waals surface area contributed by atoms with Crippen LogP contribution in [0.4, 0.5) is 4.79 Å². The Balaban J connectivity index is 2.03. The van der Waals surface area contributed by atoms with Crippen molar-refractivity contribution in [3.63, 3.8) is 0 Å². The first kappa shape index (κ1) is 24.3. The fourth-order valence-corrected chi connectivity index (χ4v) is 4.28. The zero-order valence-corrected chi connectivity index (χ0v) is 19.5. The van der Waals surface area contributed by atoms with E-state index in [2.05, 4.69) is 15.3 Å². The Morgan fingerprint density at radius 1 is 1.03 bits per heavy atom. The predicted molar refractivity (Wildman–Crippen MR) is 124 cm³/mol. The fraction of sp³-hybridized carbons (Fsp3) is 0.292. The molecule has 33 heavy (non-hydrogen) atoms. The van der Waals surface area contributed by atoms with Gasteiger partial charge in [0.2, 0.25) is 15.0 Å². The number of aliphatic hydroxyl groups is 1. The van der Waals surface area contributed by atoms with Crippen LogP contribution in [-0.2, 0) is 20.3 Å². The molecule has 0 spiro atoms. The van der Waals surface area contributed by atoms with Gasteiger partial charge in [-0.2, -0.15) is 0 Å². The number of alkyl carbamates (subject to hydrolysis) is 1. The monoisotopic (exact) mass is 469 g/mol. The van der Waals surface area contributed by atoms with E-state index in [0.29, 0.717) is 16.8 Å². The molecule has 174 valence electrons. The van der Waals surface area contributed by atoms with Gasteiger partial charge in [0, 0.05) is 5.56 Å². The first-order chi connectivity index (χ1) is 15.6. The maximum Gasteiger partial charge on any atom is 0.408 e. The van der Waals surface area contributed by atoms with Gasteiger partial charge in [0.05, 0.1) is 29.8 Å². The number of hydrogen-bond acceptors (Lipinski definition) is 7. The number of benzene rings is 2. The summed E-state index contributed by atoms with van der Waals surface area (Å²) in [5.41, 5.74) is 1.04. The van der Waals surface area contributed by atoms with Crippen LogP contribution >= 0.6 is 0 Å². The van der Waals surface area contributed by atoms with E-state index in [9.17, 15) is 18.3 Å². The number of nitrogens with zero attached hydrogens (tertiary/aromatic N) is 2. The van der Waals surface area contributed by atoms with Crippen molar-refractivity contribution in [1.29, 1.82) is 0 Å². The van der Waals surface area contributed by atoms with Crippen LogP contribution in [0, 0.1) is 0 Å². The third-order valence-electron chi connectivity index (χ3n) is 4.50. The molecule has 2 N–H and O–H groups in total. The topological polar surface area (TPSA) is 118 Å². The van der Waals surface area contributed by atoms with E-state index in [4.69, 9.17) is 4.74 Å². The third-order valence-corrected chi connectivity index (χ3v) is 5.96. The van der Waals surface area contributed by atoms with E-state index < -0.39 is 34.2 Å². The van der Waals surface area contributed by atoms with Gasteiger partial charge in [0.1, 0.15) is 5.60 Å². The van der Waals surface area contributed by atoms with Gasteiger partial charge < -0.3 is 15.2 Å². The van der Waals surface area contributed by atoms with Gasteiger partial charge in [0.25, 0.3) is 0 Å². The maximum atomic E-state index is 13.2. The minimum atomic E-state index is -3.91. The molecule has 1 heterocycles. The van der Waals surface area contributed by atoms with Gasteiger partial charge in [0.15, 0.2) is 0 Å². The fourth-order valence-electron chi connectivity index (χ4n) is 3.04. The summed E-state index contributed by atoms with van der Waals surface area (Å²) in [4.78, 5) is 20.8. The number of hydrogen-bond donors (Lipinski definition) is 2. The lowest BCUT2D eigenvalue weighted by molar-refractivity contribution is 0.0480. The second-order valence-corrected chi connectivity index (χ2v) is 10.3. The number of carbonyl (C=O) groups is 1. The number of sulfone groups is 1. The van der Waals surface area contributed by atoms with E-state index >= 15 is 0 Å². The molecule has 1 aromatic heterocycles. The van der Waals surface area contributed by atoms with Crippen molar-refractivity contribution in [1.82, 2.24) is 15.3 Å². The van der Waals surface area contributed by atoms with Crippen molar-refractivity contribution < 1.29 is 23.1 Å². The summed E-state index contributed by atoms with van der Waals surface area (Å²) in [6, 6.07) is 18.3. The van der Waals surface area contributed by atoms with Crippen molar-refractivity contribution >= 4 is 15.9 Å². The largest absolute Gasteiger partial charge is 0.444 e. The van der Waals surface area contributed by atoms with Gasteiger partial charge in [-0.3, -0.25) is 0 Å². The molecule has 1 atom stereocenters. The highest BCUT2D eigenvalue weighted by molar-refractivity contribution is 7.90. The molecular formula is C24H27N3O5S. The van der Waals surface area contributed by atoms with Gasteiger partial charge in [-0.1, -0.05) is 60.7 Å². The van der Waals surface area contributed by atoms with Crippen molar-refractivity contribution in [2.75, 3.05) is 6.61 Å². The van der Waals surface area contributed by atoms with E-state index in [1.54, 1.807) is 81.4 Å². The Bertz CT molecular complexity index is 1190. The molecule has 9 heteroatoms. The quantitative estimate of drug-likeness (QED) is 0.507. The van der Waals surface area contributed by atoms with E-state index in [-0.39, 0.29) is 16.6 Å². The van der Waals surface area contributed by atoms with Gasteiger partial charge >= 0.3 is 6.09 Å². The number of carbonyl (C=O) groups excluding carboxylic acids is 1. The Morgan fingerprint density at radius 2 is 1.64 bits per heavy atom. The van der Waals surface area contributed by atoms with Crippen molar-refractivity contribution in [2.24, 2.45) is 0 Å². The Labute approximate surface area is 193 Å². The van der Waals surface area contributed by atoms with Crippen LogP contribution in [0.1, 0.15) is 38.1 Å². The molecule has 0 aliphatic carbocycles. The van der Waals surface area contributed by atoms with Crippen molar-refractivity contribution in [3.8, 4) is 11.3 Å². The van der Waals surface area contributed by atoms with Crippen molar-refractivity contribution in [3.05, 3.63) is 78.0 Å². The lowest BCUT2D eigenvalue weighted by Gasteiger charge is -2.23. The molecule has 3 rings (SSSR count). The normalized spacial score (nSPS) is 12.7. The molecule has 0 aliphatic rings. The van der Waals surface area contributed by atoms with Crippen LogP contribution < -0.4 is 5.32 Å². The lowest BCUT2D eigenvalue weighted by Crippen LogP contribution is -2.36. The highest BCUT2D eigenvalue weighted by atomic mass is 32.2. The first-order valence-corrected chi connectivity index (χ1v) is 12.0. The molecule has 0 radical (unpaired) electrons.